The van der Waals surface area contributed by atoms with E-state index in [0.29, 0.717) is 11.5 Å². The van der Waals surface area contributed by atoms with Crippen molar-refractivity contribution in [2.24, 2.45) is 0 Å². The summed E-state index contributed by atoms with van der Waals surface area (Å²) in [5, 5.41) is 10.6. The number of non-ortho nitro benzene ring substituents is 1. The number of nitrogens with zero attached hydrogens (tertiary/aromatic N) is 1. The van der Waals surface area contributed by atoms with Crippen molar-refractivity contribution in [2.75, 3.05) is 6.79 Å². The van der Waals surface area contributed by atoms with Gasteiger partial charge in [0.25, 0.3) is 5.69 Å². The molecule has 0 atom stereocenters. The minimum absolute atomic E-state index is 0.0709. The number of hydrogen-bond acceptors (Lipinski definition) is 6. The zero-order valence-corrected chi connectivity index (χ0v) is 10.6. The molecule has 0 amide bonds. The van der Waals surface area contributed by atoms with Crippen molar-refractivity contribution in [1.29, 1.82) is 0 Å². The number of hydrogen-bond donors (Lipinski definition) is 0. The molecule has 7 nitrogen and oxygen atoms in total. The van der Waals surface area contributed by atoms with Gasteiger partial charge in [-0.15, -0.1) is 0 Å². The van der Waals surface area contributed by atoms with Gasteiger partial charge in [-0.2, -0.15) is 0 Å². The van der Waals surface area contributed by atoms with Crippen molar-refractivity contribution in [3.8, 4) is 17.2 Å². The summed E-state index contributed by atoms with van der Waals surface area (Å²) in [7, 11) is 0. The van der Waals surface area contributed by atoms with Crippen LogP contribution in [0.2, 0.25) is 0 Å². The molecule has 0 N–H and O–H groups in total. The van der Waals surface area contributed by atoms with E-state index in [1.807, 2.05) is 0 Å². The third kappa shape index (κ3) is 2.48. The smallest absolute Gasteiger partial charge is 0.343 e. The first-order valence-corrected chi connectivity index (χ1v) is 6.00. The molecule has 2 aromatic carbocycles. The first-order chi connectivity index (χ1) is 10.1. The summed E-state index contributed by atoms with van der Waals surface area (Å²) in [4.78, 5) is 22.0. The van der Waals surface area contributed by atoms with E-state index in [1.54, 1.807) is 18.2 Å². The molecule has 2 aromatic rings. The normalized spacial score (nSPS) is 12.0. The summed E-state index contributed by atoms with van der Waals surface area (Å²) < 4.78 is 15.6. The number of benzene rings is 2. The largest absolute Gasteiger partial charge is 0.453 e. The summed E-state index contributed by atoms with van der Waals surface area (Å²) in [5.74, 6) is 0.485. The second-order valence-corrected chi connectivity index (χ2v) is 4.18. The fourth-order valence-electron chi connectivity index (χ4n) is 1.86. The highest BCUT2D eigenvalue weighted by atomic mass is 16.7. The van der Waals surface area contributed by atoms with E-state index >= 15 is 0 Å². The van der Waals surface area contributed by atoms with Crippen LogP contribution in [-0.4, -0.2) is 17.7 Å². The predicted octanol–water partition coefficient (Wildman–Crippen LogP) is 2.54. The molecule has 0 fully saturated rings. The maximum atomic E-state index is 12.0. The quantitative estimate of drug-likeness (QED) is 0.373. The van der Waals surface area contributed by atoms with E-state index in [-0.39, 0.29) is 23.8 Å². The number of esters is 1. The molecule has 0 bridgehead atoms. The van der Waals surface area contributed by atoms with Crippen LogP contribution >= 0.6 is 0 Å². The number of para-hydroxylation sites is 1. The fraction of sp³-hybridized carbons (Fsp3) is 0.0714. The van der Waals surface area contributed by atoms with Gasteiger partial charge in [-0.1, -0.05) is 6.07 Å². The molecule has 1 heterocycles. The van der Waals surface area contributed by atoms with Crippen molar-refractivity contribution in [1.82, 2.24) is 0 Å². The first kappa shape index (κ1) is 12.9. The van der Waals surface area contributed by atoms with E-state index < -0.39 is 10.9 Å². The summed E-state index contributed by atoms with van der Waals surface area (Å²) in [6, 6.07) is 10.1. The van der Waals surface area contributed by atoms with E-state index in [1.165, 1.54) is 24.3 Å². The lowest BCUT2D eigenvalue weighted by Gasteiger charge is -2.06. The van der Waals surface area contributed by atoms with Crippen LogP contribution in [0.25, 0.3) is 0 Å². The molecular weight excluding hydrogens is 278 g/mol. The van der Waals surface area contributed by atoms with Gasteiger partial charge in [0.05, 0.1) is 10.5 Å². The Morgan fingerprint density at radius 3 is 2.62 bits per heavy atom. The molecule has 0 aliphatic carbocycles. The minimum atomic E-state index is -0.631. The molecule has 1 aliphatic heterocycles. The second-order valence-electron chi connectivity index (χ2n) is 4.18. The van der Waals surface area contributed by atoms with Gasteiger partial charge in [0.2, 0.25) is 12.5 Å². The molecule has 0 spiro atoms. The standard InChI is InChI=1S/C14H9NO6/c16-14(9-4-6-10(7-5-9)15(17)18)21-12-3-1-2-11-13(12)20-8-19-11/h1-7H,8H2. The number of fused-ring (bicyclic) bond motifs is 1. The first-order valence-electron chi connectivity index (χ1n) is 6.00. The monoisotopic (exact) mass is 287 g/mol. The van der Waals surface area contributed by atoms with Crippen LogP contribution in [0.4, 0.5) is 5.69 Å². The summed E-state index contributed by atoms with van der Waals surface area (Å²) >= 11 is 0. The number of nitro groups is 1. The minimum Gasteiger partial charge on any atom is -0.453 e. The zero-order valence-electron chi connectivity index (χ0n) is 10.6. The molecule has 3 rings (SSSR count). The highest BCUT2D eigenvalue weighted by Crippen LogP contribution is 2.40. The van der Waals surface area contributed by atoms with Gasteiger partial charge in [-0.05, 0) is 24.3 Å². The van der Waals surface area contributed by atoms with Crippen molar-refractivity contribution in [2.45, 2.75) is 0 Å². The average molecular weight is 287 g/mol. The third-order valence-electron chi connectivity index (χ3n) is 2.88. The Hall–Kier alpha value is -3.09. The van der Waals surface area contributed by atoms with Crippen LogP contribution in [0.15, 0.2) is 42.5 Å². The van der Waals surface area contributed by atoms with E-state index in [2.05, 4.69) is 0 Å². The Morgan fingerprint density at radius 2 is 1.90 bits per heavy atom. The molecule has 7 heteroatoms. The molecule has 21 heavy (non-hydrogen) atoms. The Morgan fingerprint density at radius 1 is 1.14 bits per heavy atom. The lowest BCUT2D eigenvalue weighted by Crippen LogP contribution is -2.09. The number of rotatable bonds is 3. The van der Waals surface area contributed by atoms with E-state index in [4.69, 9.17) is 14.2 Å². The number of carbonyl (C=O) groups excluding carboxylic acids is 1. The summed E-state index contributed by atoms with van der Waals surface area (Å²) in [5.41, 5.74) is 0.112. The van der Waals surface area contributed by atoms with Crippen LogP contribution in [0.3, 0.4) is 0 Å². The topological polar surface area (TPSA) is 87.9 Å². The number of carbonyl (C=O) groups is 1. The number of ether oxygens (including phenoxy) is 3. The Labute approximate surface area is 118 Å². The van der Waals surface area contributed by atoms with Crippen LogP contribution in [0.1, 0.15) is 10.4 Å². The average Bonchev–Trinajstić information content (AvgIpc) is 2.97. The maximum absolute atomic E-state index is 12.0. The molecule has 0 radical (unpaired) electrons. The molecule has 0 unspecified atom stereocenters. The van der Waals surface area contributed by atoms with Gasteiger partial charge in [0.1, 0.15) is 0 Å². The molecule has 1 aliphatic rings. The Bertz CT molecular complexity index is 710. The van der Waals surface area contributed by atoms with Gasteiger partial charge in [0, 0.05) is 12.1 Å². The van der Waals surface area contributed by atoms with E-state index in [0.717, 1.165) is 0 Å². The van der Waals surface area contributed by atoms with Crippen molar-refractivity contribution >= 4 is 11.7 Å². The van der Waals surface area contributed by atoms with Gasteiger partial charge in [-0.25, -0.2) is 4.79 Å². The fourth-order valence-corrected chi connectivity index (χ4v) is 1.86. The second kappa shape index (κ2) is 5.12. The van der Waals surface area contributed by atoms with Crippen molar-refractivity contribution < 1.29 is 23.9 Å². The van der Waals surface area contributed by atoms with Crippen LogP contribution in [0.5, 0.6) is 17.2 Å². The van der Waals surface area contributed by atoms with Crippen LogP contribution in [0, 0.1) is 10.1 Å². The molecule has 106 valence electrons. The highest BCUT2D eigenvalue weighted by Gasteiger charge is 2.21. The Balaban J connectivity index is 1.81. The molecule has 0 saturated carbocycles. The van der Waals surface area contributed by atoms with Gasteiger partial charge in [-0.3, -0.25) is 10.1 Å². The molecular formula is C14H9NO6. The lowest BCUT2D eigenvalue weighted by atomic mass is 10.2. The highest BCUT2D eigenvalue weighted by molar-refractivity contribution is 5.91. The van der Waals surface area contributed by atoms with Gasteiger partial charge in [0.15, 0.2) is 11.5 Å². The predicted molar refractivity (Wildman–Crippen MR) is 70.6 cm³/mol. The summed E-state index contributed by atoms with van der Waals surface area (Å²) in [6.07, 6.45) is 0. The van der Waals surface area contributed by atoms with Crippen molar-refractivity contribution in [3.63, 3.8) is 0 Å². The molecule has 0 saturated heterocycles. The van der Waals surface area contributed by atoms with E-state index in [9.17, 15) is 14.9 Å². The van der Waals surface area contributed by atoms with Gasteiger partial charge < -0.3 is 14.2 Å². The molecule has 0 aromatic heterocycles. The van der Waals surface area contributed by atoms with Gasteiger partial charge >= 0.3 is 5.97 Å². The Kier molecular flexibility index (Phi) is 3.15. The lowest BCUT2D eigenvalue weighted by molar-refractivity contribution is -0.384. The number of nitro benzene ring substituents is 1. The summed E-state index contributed by atoms with van der Waals surface area (Å²) in [6.45, 7) is 0.0709. The van der Waals surface area contributed by atoms with Crippen LogP contribution < -0.4 is 14.2 Å². The SMILES string of the molecule is O=C(Oc1cccc2c1OCO2)c1ccc([N+](=O)[O-])cc1. The van der Waals surface area contributed by atoms with Crippen LogP contribution in [-0.2, 0) is 0 Å². The van der Waals surface area contributed by atoms with Crippen molar-refractivity contribution in [3.05, 3.63) is 58.1 Å². The third-order valence-corrected chi connectivity index (χ3v) is 2.88. The maximum Gasteiger partial charge on any atom is 0.343 e. The zero-order chi connectivity index (χ0) is 14.8.